The maximum absolute atomic E-state index is 11.4. The number of carbonyl (C=O) groups excluding carboxylic acids is 1. The fraction of sp³-hybridized carbons (Fsp3) is 0.929. The van der Waals surface area contributed by atoms with E-state index in [9.17, 15) is 4.79 Å². The molecule has 0 saturated heterocycles. The number of rotatable bonds is 7. The summed E-state index contributed by atoms with van der Waals surface area (Å²) in [5.74, 6) is 0.212. The molecule has 3 nitrogen and oxygen atoms in total. The largest absolute Gasteiger partial charge is 0.342 e. The van der Waals surface area contributed by atoms with Crippen molar-refractivity contribution >= 4 is 5.91 Å². The number of hydrogen-bond donors (Lipinski definition) is 1. The molecule has 1 rings (SSSR count). The predicted molar refractivity (Wildman–Crippen MR) is 72.0 cm³/mol. The number of nitrogens with zero attached hydrogens (tertiary/aromatic N) is 1. The van der Waals surface area contributed by atoms with Crippen LogP contribution in [0.1, 0.15) is 58.8 Å². The van der Waals surface area contributed by atoms with E-state index >= 15 is 0 Å². The van der Waals surface area contributed by atoms with Crippen LogP contribution in [0.5, 0.6) is 0 Å². The molecule has 0 unspecified atom stereocenters. The van der Waals surface area contributed by atoms with Crippen molar-refractivity contribution in [3.8, 4) is 0 Å². The Labute approximate surface area is 106 Å². The summed E-state index contributed by atoms with van der Waals surface area (Å²) in [6.07, 6.45) is 9.02. The van der Waals surface area contributed by atoms with Gasteiger partial charge in [-0.2, -0.15) is 0 Å². The molecule has 100 valence electrons. The summed E-state index contributed by atoms with van der Waals surface area (Å²) in [7, 11) is 0. The van der Waals surface area contributed by atoms with Gasteiger partial charge in [0.1, 0.15) is 0 Å². The van der Waals surface area contributed by atoms with Crippen LogP contribution in [0.2, 0.25) is 0 Å². The van der Waals surface area contributed by atoms with Gasteiger partial charge in [-0.05, 0) is 19.3 Å². The molecule has 17 heavy (non-hydrogen) atoms. The Morgan fingerprint density at radius 1 is 1.24 bits per heavy atom. The standard InChI is InChI=1S/C14H28N2O/c1-3-4-11-16(13(2)17)12-10-15-14-8-6-5-7-9-14/h14-15H,3-12H2,1-2H3. The molecule has 1 aliphatic rings. The van der Waals surface area contributed by atoms with Gasteiger partial charge in [0.25, 0.3) is 0 Å². The fourth-order valence-electron chi connectivity index (χ4n) is 2.49. The van der Waals surface area contributed by atoms with Gasteiger partial charge in [0.2, 0.25) is 5.91 Å². The third kappa shape index (κ3) is 6.06. The molecule has 0 spiro atoms. The van der Waals surface area contributed by atoms with Crippen molar-refractivity contribution in [2.75, 3.05) is 19.6 Å². The zero-order valence-electron chi connectivity index (χ0n) is 11.5. The Bertz CT molecular complexity index is 212. The van der Waals surface area contributed by atoms with Crippen molar-refractivity contribution in [2.45, 2.75) is 64.8 Å². The van der Waals surface area contributed by atoms with Gasteiger partial charge in [-0.1, -0.05) is 32.6 Å². The van der Waals surface area contributed by atoms with Crippen LogP contribution < -0.4 is 5.32 Å². The van der Waals surface area contributed by atoms with Gasteiger partial charge in [-0.15, -0.1) is 0 Å². The van der Waals surface area contributed by atoms with E-state index in [1.54, 1.807) is 6.92 Å². The predicted octanol–water partition coefficient (Wildman–Crippen LogP) is 2.56. The van der Waals surface area contributed by atoms with E-state index in [4.69, 9.17) is 0 Å². The molecule has 0 atom stereocenters. The molecule has 1 fully saturated rings. The first-order chi connectivity index (χ1) is 8.24. The molecule has 1 N–H and O–H groups in total. The Morgan fingerprint density at radius 2 is 1.94 bits per heavy atom. The van der Waals surface area contributed by atoms with Crippen LogP contribution in [-0.2, 0) is 4.79 Å². The summed E-state index contributed by atoms with van der Waals surface area (Å²) in [5.41, 5.74) is 0. The molecule has 1 amide bonds. The SMILES string of the molecule is CCCCN(CCNC1CCCCC1)C(C)=O. The van der Waals surface area contributed by atoms with Gasteiger partial charge >= 0.3 is 0 Å². The molecule has 1 saturated carbocycles. The van der Waals surface area contributed by atoms with E-state index in [1.807, 2.05) is 4.90 Å². The van der Waals surface area contributed by atoms with Gasteiger partial charge < -0.3 is 10.2 Å². The number of hydrogen-bond acceptors (Lipinski definition) is 2. The molecular formula is C14H28N2O. The van der Waals surface area contributed by atoms with Gasteiger partial charge in [-0.25, -0.2) is 0 Å². The quantitative estimate of drug-likeness (QED) is 0.742. The maximum atomic E-state index is 11.4. The first-order valence-electron chi connectivity index (χ1n) is 7.23. The third-order valence-corrected chi connectivity index (χ3v) is 3.65. The molecule has 0 heterocycles. The smallest absolute Gasteiger partial charge is 0.219 e. The number of amides is 1. The van der Waals surface area contributed by atoms with E-state index < -0.39 is 0 Å². The molecule has 0 aromatic carbocycles. The van der Waals surface area contributed by atoms with Crippen molar-refractivity contribution in [1.29, 1.82) is 0 Å². The summed E-state index contributed by atoms with van der Waals surface area (Å²) < 4.78 is 0. The second kappa shape index (κ2) is 8.51. The van der Waals surface area contributed by atoms with E-state index in [-0.39, 0.29) is 5.91 Å². The summed E-state index contributed by atoms with van der Waals surface area (Å²) in [6.45, 7) is 6.58. The lowest BCUT2D eigenvalue weighted by Crippen LogP contribution is -2.40. The summed E-state index contributed by atoms with van der Waals surface area (Å²) >= 11 is 0. The Hall–Kier alpha value is -0.570. The molecule has 1 aliphatic carbocycles. The zero-order chi connectivity index (χ0) is 12.5. The molecule has 3 heteroatoms. The lowest BCUT2D eigenvalue weighted by Gasteiger charge is -2.26. The Kier molecular flexibility index (Phi) is 7.25. The van der Waals surface area contributed by atoms with E-state index in [0.717, 1.165) is 32.5 Å². The van der Waals surface area contributed by atoms with Crippen molar-refractivity contribution in [2.24, 2.45) is 0 Å². The minimum absolute atomic E-state index is 0.212. The van der Waals surface area contributed by atoms with Crippen molar-refractivity contribution in [3.05, 3.63) is 0 Å². The van der Waals surface area contributed by atoms with Crippen LogP contribution in [0.15, 0.2) is 0 Å². The molecular weight excluding hydrogens is 212 g/mol. The Morgan fingerprint density at radius 3 is 2.53 bits per heavy atom. The fourth-order valence-corrected chi connectivity index (χ4v) is 2.49. The average Bonchev–Trinajstić information content (AvgIpc) is 2.34. The second-order valence-corrected chi connectivity index (χ2v) is 5.15. The summed E-state index contributed by atoms with van der Waals surface area (Å²) in [5, 5.41) is 3.59. The van der Waals surface area contributed by atoms with Crippen LogP contribution in [-0.4, -0.2) is 36.5 Å². The topological polar surface area (TPSA) is 32.3 Å². The van der Waals surface area contributed by atoms with Gasteiger partial charge in [0.05, 0.1) is 0 Å². The molecule has 0 aromatic heterocycles. The Balaban J connectivity index is 2.14. The highest BCUT2D eigenvalue weighted by Crippen LogP contribution is 2.16. The average molecular weight is 240 g/mol. The van der Waals surface area contributed by atoms with Crippen LogP contribution in [0.4, 0.5) is 0 Å². The summed E-state index contributed by atoms with van der Waals surface area (Å²) in [4.78, 5) is 13.4. The van der Waals surface area contributed by atoms with Crippen LogP contribution in [0.3, 0.4) is 0 Å². The zero-order valence-corrected chi connectivity index (χ0v) is 11.5. The highest BCUT2D eigenvalue weighted by atomic mass is 16.2. The summed E-state index contributed by atoms with van der Waals surface area (Å²) in [6, 6.07) is 0.698. The molecule has 0 bridgehead atoms. The van der Waals surface area contributed by atoms with Crippen LogP contribution in [0, 0.1) is 0 Å². The lowest BCUT2D eigenvalue weighted by atomic mass is 9.95. The monoisotopic (exact) mass is 240 g/mol. The second-order valence-electron chi connectivity index (χ2n) is 5.15. The first-order valence-corrected chi connectivity index (χ1v) is 7.23. The van der Waals surface area contributed by atoms with Crippen molar-refractivity contribution < 1.29 is 4.79 Å². The van der Waals surface area contributed by atoms with Gasteiger partial charge in [0.15, 0.2) is 0 Å². The lowest BCUT2D eigenvalue weighted by molar-refractivity contribution is -0.128. The highest BCUT2D eigenvalue weighted by molar-refractivity contribution is 5.73. The molecule has 0 radical (unpaired) electrons. The maximum Gasteiger partial charge on any atom is 0.219 e. The van der Waals surface area contributed by atoms with E-state index in [2.05, 4.69) is 12.2 Å². The van der Waals surface area contributed by atoms with Crippen LogP contribution in [0.25, 0.3) is 0 Å². The van der Waals surface area contributed by atoms with Crippen molar-refractivity contribution in [1.82, 2.24) is 10.2 Å². The van der Waals surface area contributed by atoms with Crippen molar-refractivity contribution in [3.63, 3.8) is 0 Å². The third-order valence-electron chi connectivity index (χ3n) is 3.65. The van der Waals surface area contributed by atoms with E-state index in [0.29, 0.717) is 6.04 Å². The number of carbonyl (C=O) groups is 1. The number of nitrogens with one attached hydrogen (secondary N) is 1. The minimum atomic E-state index is 0.212. The van der Waals surface area contributed by atoms with Gasteiger partial charge in [-0.3, -0.25) is 4.79 Å². The molecule has 0 aromatic rings. The number of unbranched alkanes of at least 4 members (excludes halogenated alkanes) is 1. The highest BCUT2D eigenvalue weighted by Gasteiger charge is 2.13. The van der Waals surface area contributed by atoms with Crippen LogP contribution >= 0.6 is 0 Å². The molecule has 0 aliphatic heterocycles. The minimum Gasteiger partial charge on any atom is -0.342 e. The van der Waals surface area contributed by atoms with E-state index in [1.165, 1.54) is 32.1 Å². The normalized spacial score (nSPS) is 17.1. The van der Waals surface area contributed by atoms with Gasteiger partial charge in [0, 0.05) is 32.6 Å². The first kappa shape index (κ1) is 14.5.